The Balaban J connectivity index is 1.74. The summed E-state index contributed by atoms with van der Waals surface area (Å²) in [6.45, 7) is 2.09. The van der Waals surface area contributed by atoms with Gasteiger partial charge in [0.15, 0.2) is 0 Å². The zero-order chi connectivity index (χ0) is 17.6. The summed E-state index contributed by atoms with van der Waals surface area (Å²) >= 11 is 0. The van der Waals surface area contributed by atoms with Gasteiger partial charge >= 0.3 is 0 Å². The lowest BCUT2D eigenvalue weighted by atomic mass is 10.1. The fourth-order valence-corrected chi connectivity index (χ4v) is 2.27. The van der Waals surface area contributed by atoms with E-state index in [1.165, 1.54) is 30.1 Å². The maximum atomic E-state index is 13.6. The van der Waals surface area contributed by atoms with E-state index in [-0.39, 0.29) is 11.4 Å². The van der Waals surface area contributed by atoms with Gasteiger partial charge in [0, 0.05) is 11.8 Å². The molecule has 3 rings (SSSR count). The smallest absolute Gasteiger partial charge is 0.274 e. The van der Waals surface area contributed by atoms with Crippen molar-refractivity contribution in [1.29, 1.82) is 0 Å². The summed E-state index contributed by atoms with van der Waals surface area (Å²) in [4.78, 5) is 20.3. The van der Waals surface area contributed by atoms with Crippen molar-refractivity contribution in [2.75, 3.05) is 10.6 Å². The van der Waals surface area contributed by atoms with Crippen LogP contribution >= 0.6 is 0 Å². The number of anilines is 3. The first kappa shape index (κ1) is 16.6. The highest BCUT2D eigenvalue weighted by atomic mass is 19.1. The number of nitrogens with one attached hydrogen (secondary N) is 2. The Morgan fingerprint density at radius 2 is 1.84 bits per heavy atom. The van der Waals surface area contributed by atoms with Crippen molar-refractivity contribution >= 4 is 23.1 Å². The van der Waals surface area contributed by atoms with Gasteiger partial charge in [-0.3, -0.25) is 4.79 Å². The van der Waals surface area contributed by atoms with Gasteiger partial charge in [0.25, 0.3) is 5.91 Å². The van der Waals surface area contributed by atoms with Crippen molar-refractivity contribution in [3.8, 4) is 0 Å². The molecule has 0 radical (unpaired) electrons. The van der Waals surface area contributed by atoms with Crippen LogP contribution in [0.5, 0.6) is 0 Å². The quantitative estimate of drug-likeness (QED) is 0.734. The van der Waals surface area contributed by atoms with E-state index in [1.807, 2.05) is 24.3 Å². The molecular weight excluding hydrogens is 319 g/mol. The second-order valence-electron chi connectivity index (χ2n) is 5.40. The van der Waals surface area contributed by atoms with Gasteiger partial charge in [-0.15, -0.1) is 0 Å². The number of hydrogen-bond donors (Lipinski definition) is 2. The number of hydrogen-bond acceptors (Lipinski definition) is 4. The first-order chi connectivity index (χ1) is 12.2. The van der Waals surface area contributed by atoms with E-state index < -0.39 is 11.7 Å². The number of carbonyl (C=O) groups excluding carboxylic acids is 1. The molecule has 2 aromatic carbocycles. The number of aromatic nitrogens is 2. The van der Waals surface area contributed by atoms with Crippen LogP contribution < -0.4 is 10.6 Å². The lowest BCUT2D eigenvalue weighted by Crippen LogP contribution is -2.15. The Labute approximate surface area is 145 Å². The van der Waals surface area contributed by atoms with E-state index in [0.717, 1.165) is 12.1 Å². The van der Waals surface area contributed by atoms with Crippen LogP contribution in [0.3, 0.4) is 0 Å². The molecule has 0 saturated heterocycles. The summed E-state index contributed by atoms with van der Waals surface area (Å²) in [6.07, 6.45) is 2.26. The minimum Gasteiger partial charge on any atom is -0.340 e. The molecule has 0 spiro atoms. The molecule has 1 amide bonds. The third kappa shape index (κ3) is 4.17. The molecule has 6 heteroatoms. The van der Waals surface area contributed by atoms with E-state index in [0.29, 0.717) is 5.82 Å². The second kappa shape index (κ2) is 7.53. The molecule has 5 nitrogen and oxygen atoms in total. The predicted molar refractivity (Wildman–Crippen MR) is 95.5 cm³/mol. The van der Waals surface area contributed by atoms with Crippen molar-refractivity contribution in [3.05, 3.63) is 78.0 Å². The minimum atomic E-state index is -0.503. The SMILES string of the molecule is CCc1ccc(Nc2cc(C(=O)Nc3ccccc3F)ncn2)cc1. The van der Waals surface area contributed by atoms with Crippen LogP contribution in [0.2, 0.25) is 0 Å². The summed E-state index contributed by atoms with van der Waals surface area (Å²) in [5, 5.41) is 5.62. The number of rotatable bonds is 5. The normalized spacial score (nSPS) is 10.3. The van der Waals surface area contributed by atoms with E-state index in [4.69, 9.17) is 0 Å². The Morgan fingerprint density at radius 1 is 1.08 bits per heavy atom. The average Bonchev–Trinajstić information content (AvgIpc) is 2.64. The van der Waals surface area contributed by atoms with Crippen LogP contribution in [0.1, 0.15) is 23.0 Å². The Kier molecular flexibility index (Phi) is 4.99. The predicted octanol–water partition coefficient (Wildman–Crippen LogP) is 4.17. The van der Waals surface area contributed by atoms with Crippen molar-refractivity contribution in [1.82, 2.24) is 9.97 Å². The van der Waals surface area contributed by atoms with E-state index in [2.05, 4.69) is 27.5 Å². The summed E-state index contributed by atoms with van der Waals surface area (Å²) in [7, 11) is 0. The van der Waals surface area contributed by atoms with Gasteiger partial charge in [0.1, 0.15) is 23.7 Å². The lowest BCUT2D eigenvalue weighted by Gasteiger charge is -2.08. The van der Waals surface area contributed by atoms with Crippen LogP contribution in [0.15, 0.2) is 60.9 Å². The Hall–Kier alpha value is -3.28. The third-order valence-corrected chi connectivity index (χ3v) is 3.66. The zero-order valence-electron chi connectivity index (χ0n) is 13.7. The fourth-order valence-electron chi connectivity index (χ4n) is 2.27. The molecule has 0 atom stereocenters. The second-order valence-corrected chi connectivity index (χ2v) is 5.40. The fraction of sp³-hybridized carbons (Fsp3) is 0.105. The lowest BCUT2D eigenvalue weighted by molar-refractivity contribution is 0.102. The van der Waals surface area contributed by atoms with Gasteiger partial charge in [0.05, 0.1) is 5.69 Å². The van der Waals surface area contributed by atoms with Crippen LogP contribution in [0.4, 0.5) is 21.6 Å². The molecule has 3 aromatic rings. The van der Waals surface area contributed by atoms with Gasteiger partial charge in [-0.05, 0) is 36.2 Å². The molecule has 0 aliphatic rings. The molecule has 0 bridgehead atoms. The summed E-state index contributed by atoms with van der Waals surface area (Å²) in [5.74, 6) is -0.519. The number of para-hydroxylation sites is 1. The first-order valence-electron chi connectivity index (χ1n) is 7.89. The molecule has 0 unspecified atom stereocenters. The number of halogens is 1. The van der Waals surface area contributed by atoms with E-state index >= 15 is 0 Å². The minimum absolute atomic E-state index is 0.107. The molecular formula is C19H17FN4O. The largest absolute Gasteiger partial charge is 0.340 e. The maximum Gasteiger partial charge on any atom is 0.274 e. The molecule has 0 aliphatic heterocycles. The molecule has 2 N–H and O–H groups in total. The molecule has 126 valence electrons. The number of carbonyl (C=O) groups is 1. The van der Waals surface area contributed by atoms with Gasteiger partial charge in [-0.1, -0.05) is 31.2 Å². The number of nitrogens with zero attached hydrogens (tertiary/aromatic N) is 2. The van der Waals surface area contributed by atoms with Crippen molar-refractivity contribution in [2.45, 2.75) is 13.3 Å². The zero-order valence-corrected chi connectivity index (χ0v) is 13.7. The summed E-state index contributed by atoms with van der Waals surface area (Å²) in [6, 6.07) is 15.4. The van der Waals surface area contributed by atoms with Gasteiger partial charge in [-0.25, -0.2) is 14.4 Å². The van der Waals surface area contributed by atoms with Crippen LogP contribution in [-0.4, -0.2) is 15.9 Å². The molecule has 0 fully saturated rings. The molecule has 0 aliphatic carbocycles. The topological polar surface area (TPSA) is 66.9 Å². The first-order valence-corrected chi connectivity index (χ1v) is 7.89. The van der Waals surface area contributed by atoms with Crippen molar-refractivity contribution in [3.63, 3.8) is 0 Å². The van der Waals surface area contributed by atoms with Crippen LogP contribution in [0, 0.1) is 5.82 Å². The highest BCUT2D eigenvalue weighted by Gasteiger charge is 2.11. The molecule has 1 heterocycles. The van der Waals surface area contributed by atoms with Gasteiger partial charge in [-0.2, -0.15) is 0 Å². The average molecular weight is 336 g/mol. The number of amides is 1. The Bertz CT molecular complexity index is 881. The Morgan fingerprint density at radius 3 is 2.56 bits per heavy atom. The van der Waals surface area contributed by atoms with Crippen molar-refractivity contribution < 1.29 is 9.18 Å². The third-order valence-electron chi connectivity index (χ3n) is 3.66. The van der Waals surface area contributed by atoms with Crippen LogP contribution in [-0.2, 0) is 6.42 Å². The molecule has 1 aromatic heterocycles. The van der Waals surface area contributed by atoms with Gasteiger partial charge in [0.2, 0.25) is 0 Å². The highest BCUT2D eigenvalue weighted by Crippen LogP contribution is 2.17. The molecule has 0 saturated carbocycles. The highest BCUT2D eigenvalue weighted by molar-refractivity contribution is 6.03. The number of benzene rings is 2. The van der Waals surface area contributed by atoms with Crippen molar-refractivity contribution in [2.24, 2.45) is 0 Å². The van der Waals surface area contributed by atoms with Crippen LogP contribution in [0.25, 0.3) is 0 Å². The van der Waals surface area contributed by atoms with Gasteiger partial charge < -0.3 is 10.6 Å². The number of aryl methyl sites for hydroxylation is 1. The summed E-state index contributed by atoms with van der Waals surface area (Å²) < 4.78 is 13.6. The standard InChI is InChI=1S/C19H17FN4O/c1-2-13-7-9-14(10-8-13)23-18-11-17(21-12-22-18)19(25)24-16-6-4-3-5-15(16)20/h3-12H,2H2,1H3,(H,24,25)(H,21,22,23). The van der Waals surface area contributed by atoms with E-state index in [1.54, 1.807) is 12.1 Å². The summed E-state index contributed by atoms with van der Waals surface area (Å²) in [5.41, 5.74) is 2.34. The maximum absolute atomic E-state index is 13.6. The molecule has 25 heavy (non-hydrogen) atoms. The monoisotopic (exact) mass is 336 g/mol. The van der Waals surface area contributed by atoms with E-state index in [9.17, 15) is 9.18 Å².